The number of hydrogen-bond acceptors (Lipinski definition) is 6. The fourth-order valence-corrected chi connectivity index (χ4v) is 5.19. The molecule has 3 heterocycles. The molecule has 0 radical (unpaired) electrons. The number of nitrogens with zero attached hydrogens (tertiary/aromatic N) is 2. The monoisotopic (exact) mass is 552 g/mol. The summed E-state index contributed by atoms with van der Waals surface area (Å²) < 4.78 is 5.68. The first-order valence-corrected chi connectivity index (χ1v) is 13.3. The van der Waals surface area contributed by atoms with Crippen molar-refractivity contribution in [3.8, 4) is 0 Å². The van der Waals surface area contributed by atoms with Crippen LogP contribution in [0.2, 0.25) is 4.34 Å². The van der Waals surface area contributed by atoms with E-state index < -0.39 is 5.91 Å². The van der Waals surface area contributed by atoms with E-state index in [1.807, 2.05) is 0 Å². The molecule has 2 fully saturated rings. The highest BCUT2D eigenvalue weighted by Gasteiger charge is 2.26. The van der Waals surface area contributed by atoms with Crippen molar-refractivity contribution in [3.05, 3.63) is 80.5 Å². The molecule has 2 aliphatic rings. The van der Waals surface area contributed by atoms with Crippen LogP contribution in [0, 0.1) is 0 Å². The fourth-order valence-electron chi connectivity index (χ4n) is 4.23. The van der Waals surface area contributed by atoms with E-state index in [-0.39, 0.29) is 30.9 Å². The number of benzene rings is 2. The van der Waals surface area contributed by atoms with Gasteiger partial charge >= 0.3 is 0 Å². The van der Waals surface area contributed by atoms with E-state index in [0.717, 1.165) is 6.42 Å². The van der Waals surface area contributed by atoms with Gasteiger partial charge in [0.1, 0.15) is 6.61 Å². The summed E-state index contributed by atoms with van der Waals surface area (Å²) in [5.74, 6) is -1.02. The number of carbonyl (C=O) groups is 4. The van der Waals surface area contributed by atoms with Crippen LogP contribution < -0.4 is 15.5 Å². The summed E-state index contributed by atoms with van der Waals surface area (Å²) in [6, 6.07) is 15.2. The maximum atomic E-state index is 13.3. The van der Waals surface area contributed by atoms with Crippen molar-refractivity contribution in [2.75, 3.05) is 43.1 Å². The maximum Gasteiger partial charge on any atom is 0.261 e. The number of nitrogens with one attached hydrogen (secondary N) is 2. The van der Waals surface area contributed by atoms with Crippen LogP contribution in [-0.2, 0) is 16.1 Å². The van der Waals surface area contributed by atoms with Gasteiger partial charge < -0.3 is 25.2 Å². The Hall–Kier alpha value is -3.73. The van der Waals surface area contributed by atoms with Crippen molar-refractivity contribution in [2.45, 2.75) is 13.0 Å². The Labute approximate surface area is 228 Å². The molecule has 3 aromatic rings. The number of carbonyl (C=O) groups excluding carboxylic acids is 4. The number of likely N-dealkylation sites (tertiary alicyclic amines) is 1. The SMILES string of the molecule is O=C(Nc1c(CNC(=O)c2ccc(Cl)s2)cccc1C(=O)N1CCC1)c1ccc(N2CCOCC2=O)cc1. The second-order valence-electron chi connectivity index (χ2n) is 8.87. The Balaban J connectivity index is 1.37. The van der Waals surface area contributed by atoms with Crippen molar-refractivity contribution in [2.24, 2.45) is 0 Å². The molecule has 1 aromatic heterocycles. The number of anilines is 2. The molecule has 2 aromatic carbocycles. The molecule has 38 heavy (non-hydrogen) atoms. The van der Waals surface area contributed by atoms with Gasteiger partial charge in [-0.25, -0.2) is 0 Å². The molecule has 2 N–H and O–H groups in total. The molecule has 196 valence electrons. The number of para-hydroxylation sites is 1. The average molecular weight is 553 g/mol. The summed E-state index contributed by atoms with van der Waals surface area (Å²) >= 11 is 7.12. The number of morpholine rings is 1. The van der Waals surface area contributed by atoms with Gasteiger partial charge in [-0.3, -0.25) is 19.2 Å². The van der Waals surface area contributed by atoms with E-state index in [1.54, 1.807) is 64.4 Å². The topological polar surface area (TPSA) is 108 Å². The summed E-state index contributed by atoms with van der Waals surface area (Å²) in [6.45, 7) is 2.35. The second-order valence-corrected chi connectivity index (χ2v) is 10.6. The number of thiophene rings is 1. The number of rotatable bonds is 7. The van der Waals surface area contributed by atoms with Crippen molar-refractivity contribution in [1.82, 2.24) is 10.2 Å². The Morgan fingerprint density at radius 3 is 2.42 bits per heavy atom. The number of ether oxygens (including phenoxy) is 1. The molecule has 2 aliphatic heterocycles. The van der Waals surface area contributed by atoms with E-state index in [9.17, 15) is 19.2 Å². The third-order valence-electron chi connectivity index (χ3n) is 6.43. The lowest BCUT2D eigenvalue weighted by atomic mass is 10.0. The van der Waals surface area contributed by atoms with Crippen LogP contribution in [0.1, 0.15) is 42.4 Å². The van der Waals surface area contributed by atoms with Crippen LogP contribution >= 0.6 is 22.9 Å². The number of hydrogen-bond donors (Lipinski definition) is 2. The van der Waals surface area contributed by atoms with Crippen LogP contribution in [-0.4, -0.2) is 61.4 Å². The molecule has 2 saturated heterocycles. The van der Waals surface area contributed by atoms with Crippen LogP contribution in [0.5, 0.6) is 0 Å². The summed E-state index contributed by atoms with van der Waals surface area (Å²) in [5, 5.41) is 5.74. The van der Waals surface area contributed by atoms with E-state index >= 15 is 0 Å². The molecule has 0 spiro atoms. The molecule has 0 unspecified atom stereocenters. The quantitative estimate of drug-likeness (QED) is 0.464. The van der Waals surface area contributed by atoms with Gasteiger partial charge in [0.2, 0.25) is 0 Å². The van der Waals surface area contributed by atoms with Gasteiger partial charge in [0.15, 0.2) is 0 Å². The zero-order valence-corrected chi connectivity index (χ0v) is 21.9. The van der Waals surface area contributed by atoms with Gasteiger partial charge in [0.25, 0.3) is 23.6 Å². The zero-order chi connectivity index (χ0) is 26.6. The predicted octanol–water partition coefficient (Wildman–Crippen LogP) is 3.79. The first-order chi connectivity index (χ1) is 18.4. The summed E-state index contributed by atoms with van der Waals surface area (Å²) in [4.78, 5) is 55.0. The highest BCUT2D eigenvalue weighted by Crippen LogP contribution is 2.27. The minimum atomic E-state index is -0.411. The molecular weight excluding hydrogens is 528 g/mol. The van der Waals surface area contributed by atoms with Crippen molar-refractivity contribution in [3.63, 3.8) is 0 Å². The third kappa shape index (κ3) is 5.57. The Morgan fingerprint density at radius 1 is 0.974 bits per heavy atom. The van der Waals surface area contributed by atoms with Gasteiger partial charge in [0.05, 0.1) is 27.1 Å². The van der Waals surface area contributed by atoms with Crippen LogP contribution in [0.15, 0.2) is 54.6 Å². The standard InChI is InChI=1S/C27H25ClN4O5S/c28-22-10-9-21(38-22)26(35)29-15-18-3-1-4-20(27(36)31-11-2-12-31)24(18)30-25(34)17-5-7-19(8-6-17)32-13-14-37-16-23(32)33/h1,3-10H,2,11-16H2,(H,29,35)(H,30,34). The molecule has 11 heteroatoms. The van der Waals surface area contributed by atoms with Gasteiger partial charge in [-0.15, -0.1) is 11.3 Å². The third-order valence-corrected chi connectivity index (χ3v) is 7.66. The normalized spacial score (nSPS) is 15.1. The Kier molecular flexibility index (Phi) is 7.73. The summed E-state index contributed by atoms with van der Waals surface area (Å²) in [5.41, 5.74) is 2.35. The molecule has 0 atom stereocenters. The Bertz CT molecular complexity index is 1390. The van der Waals surface area contributed by atoms with Gasteiger partial charge in [-0.05, 0) is 54.4 Å². The average Bonchev–Trinajstić information content (AvgIpc) is 3.33. The van der Waals surface area contributed by atoms with Crippen molar-refractivity contribution in [1.29, 1.82) is 0 Å². The lowest BCUT2D eigenvalue weighted by Gasteiger charge is -2.32. The van der Waals surface area contributed by atoms with Gasteiger partial charge in [-0.2, -0.15) is 0 Å². The number of halogens is 1. The first-order valence-electron chi connectivity index (χ1n) is 12.1. The van der Waals surface area contributed by atoms with Crippen LogP contribution in [0.3, 0.4) is 0 Å². The minimum Gasteiger partial charge on any atom is -0.370 e. The zero-order valence-electron chi connectivity index (χ0n) is 20.4. The summed E-state index contributed by atoms with van der Waals surface area (Å²) in [6.07, 6.45) is 0.935. The van der Waals surface area contributed by atoms with Crippen LogP contribution in [0.4, 0.5) is 11.4 Å². The van der Waals surface area contributed by atoms with E-state index in [1.165, 1.54) is 11.3 Å². The molecule has 0 bridgehead atoms. The molecule has 5 rings (SSSR count). The molecule has 0 saturated carbocycles. The smallest absolute Gasteiger partial charge is 0.261 e. The fraction of sp³-hybridized carbons (Fsp3) is 0.259. The van der Waals surface area contributed by atoms with Gasteiger partial charge in [-0.1, -0.05) is 23.7 Å². The molecule has 4 amide bonds. The van der Waals surface area contributed by atoms with Crippen LogP contribution in [0.25, 0.3) is 0 Å². The highest BCUT2D eigenvalue weighted by molar-refractivity contribution is 7.18. The second kappa shape index (κ2) is 11.3. The Morgan fingerprint density at radius 2 is 1.76 bits per heavy atom. The minimum absolute atomic E-state index is 0.0307. The molecular formula is C27H25ClN4O5S. The highest BCUT2D eigenvalue weighted by atomic mass is 35.5. The molecule has 0 aliphatic carbocycles. The summed E-state index contributed by atoms with van der Waals surface area (Å²) in [7, 11) is 0. The van der Waals surface area contributed by atoms with E-state index in [4.69, 9.17) is 16.3 Å². The largest absolute Gasteiger partial charge is 0.370 e. The first kappa shape index (κ1) is 25.9. The number of amides is 4. The molecule has 9 nitrogen and oxygen atoms in total. The van der Waals surface area contributed by atoms with Crippen molar-refractivity contribution < 1.29 is 23.9 Å². The van der Waals surface area contributed by atoms with E-state index in [0.29, 0.717) is 63.5 Å². The lowest BCUT2D eigenvalue weighted by molar-refractivity contribution is -0.125. The predicted molar refractivity (Wildman–Crippen MR) is 145 cm³/mol. The van der Waals surface area contributed by atoms with Gasteiger partial charge in [0, 0.05) is 37.4 Å². The lowest BCUT2D eigenvalue weighted by Crippen LogP contribution is -2.42. The van der Waals surface area contributed by atoms with E-state index in [2.05, 4.69) is 10.6 Å². The van der Waals surface area contributed by atoms with Crippen molar-refractivity contribution >= 4 is 57.9 Å². The maximum absolute atomic E-state index is 13.3.